The summed E-state index contributed by atoms with van der Waals surface area (Å²) < 4.78 is 4.27. The van der Waals surface area contributed by atoms with Crippen molar-refractivity contribution in [1.29, 1.82) is 0 Å². The molecular formula is C36H40IrN3O2-. The number of aryl methyl sites for hydroxylation is 2. The molecule has 0 bridgehead atoms. The van der Waals surface area contributed by atoms with Crippen molar-refractivity contribution in [2.75, 3.05) is 0 Å². The van der Waals surface area contributed by atoms with Crippen LogP contribution in [0.25, 0.3) is 33.5 Å². The fourth-order valence-corrected chi connectivity index (χ4v) is 4.29. The van der Waals surface area contributed by atoms with Crippen LogP contribution in [0.5, 0.6) is 0 Å². The molecular weight excluding hydrogens is 699 g/mol. The molecule has 0 atom stereocenters. The van der Waals surface area contributed by atoms with E-state index in [4.69, 9.17) is 4.98 Å². The Morgan fingerprint density at radius 3 is 1.86 bits per heavy atom. The first-order chi connectivity index (χ1) is 19.2. The van der Waals surface area contributed by atoms with Crippen molar-refractivity contribution in [2.24, 2.45) is 10.8 Å². The van der Waals surface area contributed by atoms with Crippen LogP contribution in [0.15, 0.2) is 97.3 Å². The van der Waals surface area contributed by atoms with Crippen LogP contribution in [0.3, 0.4) is 0 Å². The van der Waals surface area contributed by atoms with E-state index in [0.717, 1.165) is 39.1 Å². The van der Waals surface area contributed by atoms with E-state index in [2.05, 4.69) is 90.2 Å². The number of benzene rings is 2. The van der Waals surface area contributed by atoms with Crippen LogP contribution in [0.4, 0.5) is 0 Å². The molecule has 2 aromatic carbocycles. The fraction of sp³-hybridized carbons (Fsp3) is 0.278. The second kappa shape index (κ2) is 13.1. The van der Waals surface area contributed by atoms with Gasteiger partial charge in [0.25, 0.3) is 0 Å². The topological polar surface area (TPSA) is 60.0 Å². The third-order valence-corrected chi connectivity index (χ3v) is 6.75. The number of hydrogen-bond donors (Lipinski definition) is 1. The molecule has 3 aromatic heterocycles. The van der Waals surface area contributed by atoms with Crippen LogP contribution in [-0.4, -0.2) is 25.0 Å². The van der Waals surface area contributed by atoms with Crippen LogP contribution in [0.1, 0.15) is 52.7 Å². The number of carbonyl (C=O) groups excluding carboxylic acids is 1. The molecule has 3 heterocycles. The van der Waals surface area contributed by atoms with E-state index in [1.165, 1.54) is 11.6 Å². The number of ketones is 1. The maximum atomic E-state index is 11.5. The molecule has 0 spiro atoms. The maximum Gasteiger partial charge on any atom is 0.164 e. The molecule has 0 fully saturated rings. The monoisotopic (exact) mass is 739 g/mol. The summed E-state index contributed by atoms with van der Waals surface area (Å²) in [5.74, 6) is 0.104. The molecule has 1 radical (unpaired) electrons. The quantitative estimate of drug-likeness (QED) is 0.114. The van der Waals surface area contributed by atoms with Gasteiger partial charge in [0, 0.05) is 67.2 Å². The van der Waals surface area contributed by atoms with Crippen LogP contribution >= 0.6 is 0 Å². The number of aliphatic hydroxyl groups is 1. The zero-order chi connectivity index (χ0) is 29.9. The number of pyridine rings is 1. The summed E-state index contributed by atoms with van der Waals surface area (Å²) in [4.78, 5) is 16.5. The normalized spacial score (nSPS) is 12.0. The van der Waals surface area contributed by atoms with Gasteiger partial charge in [-0.2, -0.15) is 0 Å². The number of allylic oxidation sites excluding steroid dienone is 2. The molecule has 5 aromatic rings. The van der Waals surface area contributed by atoms with E-state index in [0.29, 0.717) is 0 Å². The van der Waals surface area contributed by atoms with Crippen molar-refractivity contribution in [3.63, 3.8) is 0 Å². The Labute approximate surface area is 263 Å². The Hall–Kier alpha value is -3.73. The van der Waals surface area contributed by atoms with Crippen molar-refractivity contribution in [3.05, 3.63) is 114 Å². The first-order valence-corrected chi connectivity index (χ1v) is 13.9. The minimum absolute atomic E-state index is 0. The van der Waals surface area contributed by atoms with E-state index in [9.17, 15) is 9.90 Å². The summed E-state index contributed by atoms with van der Waals surface area (Å²) in [5, 5.41) is 10.7. The van der Waals surface area contributed by atoms with Gasteiger partial charge in [0.05, 0.1) is 16.9 Å². The Kier molecular flexibility index (Phi) is 10.2. The van der Waals surface area contributed by atoms with Crippen LogP contribution in [0.2, 0.25) is 0 Å². The molecule has 0 aliphatic heterocycles. The molecule has 0 saturated heterocycles. The van der Waals surface area contributed by atoms with Crippen molar-refractivity contribution in [2.45, 2.75) is 55.4 Å². The Morgan fingerprint density at radius 2 is 1.36 bits per heavy atom. The number of nitrogens with zero attached hydrogens (tertiary/aromatic N) is 3. The van der Waals surface area contributed by atoms with E-state index in [1.807, 2.05) is 65.8 Å². The van der Waals surface area contributed by atoms with E-state index < -0.39 is 5.41 Å². The van der Waals surface area contributed by atoms with Gasteiger partial charge in [-0.05, 0) is 42.1 Å². The molecule has 42 heavy (non-hydrogen) atoms. The molecule has 0 unspecified atom stereocenters. The summed E-state index contributed by atoms with van der Waals surface area (Å²) in [5.41, 5.74) is 6.79. The van der Waals surface area contributed by atoms with E-state index >= 15 is 0 Å². The van der Waals surface area contributed by atoms with Crippen molar-refractivity contribution >= 4 is 16.7 Å². The molecule has 1 N–H and O–H groups in total. The molecule has 0 aliphatic rings. The fourth-order valence-electron chi connectivity index (χ4n) is 4.29. The Balaban J connectivity index is 0.000000297. The number of aliphatic hydroxyl groups excluding tert-OH is 1. The van der Waals surface area contributed by atoms with Gasteiger partial charge in [0.2, 0.25) is 0 Å². The number of aromatic nitrogens is 3. The number of carbonyl (C=O) groups is 1. The maximum absolute atomic E-state index is 11.5. The number of rotatable bonds is 4. The van der Waals surface area contributed by atoms with Gasteiger partial charge in [-0.25, -0.2) is 0 Å². The summed E-state index contributed by atoms with van der Waals surface area (Å²) in [7, 11) is 0. The number of fused-ring (bicyclic) bond motifs is 1. The predicted molar refractivity (Wildman–Crippen MR) is 169 cm³/mol. The first-order valence-electron chi connectivity index (χ1n) is 13.9. The Bertz CT molecular complexity index is 1660. The molecule has 0 aliphatic carbocycles. The minimum atomic E-state index is -0.417. The van der Waals surface area contributed by atoms with Crippen molar-refractivity contribution in [1.82, 2.24) is 14.1 Å². The molecule has 6 heteroatoms. The van der Waals surface area contributed by atoms with Crippen LogP contribution in [-0.2, 0) is 24.9 Å². The summed E-state index contributed by atoms with van der Waals surface area (Å²) in [6.07, 6.45) is 9.60. The van der Waals surface area contributed by atoms with E-state index in [-0.39, 0.29) is 37.1 Å². The zero-order valence-corrected chi connectivity index (χ0v) is 28.1. The molecule has 221 valence electrons. The van der Waals surface area contributed by atoms with Gasteiger partial charge in [-0.3, -0.25) is 9.78 Å². The van der Waals surface area contributed by atoms with Gasteiger partial charge < -0.3 is 14.2 Å². The summed E-state index contributed by atoms with van der Waals surface area (Å²) >= 11 is 0. The second-order valence-corrected chi connectivity index (χ2v) is 12.6. The van der Waals surface area contributed by atoms with Gasteiger partial charge in [-0.1, -0.05) is 67.5 Å². The summed E-state index contributed by atoms with van der Waals surface area (Å²) in [6.45, 7) is 15.3. The van der Waals surface area contributed by atoms with E-state index in [1.54, 1.807) is 0 Å². The minimum Gasteiger partial charge on any atom is -0.512 e. The summed E-state index contributed by atoms with van der Waals surface area (Å²) in [6, 6.07) is 24.5. The zero-order valence-electron chi connectivity index (χ0n) is 25.7. The predicted octanol–water partition coefficient (Wildman–Crippen LogP) is 8.99. The first kappa shape index (κ1) is 32.8. The third kappa shape index (κ3) is 7.96. The molecule has 0 amide bonds. The van der Waals surface area contributed by atoms with Crippen molar-refractivity contribution < 1.29 is 30.0 Å². The molecule has 5 nitrogen and oxygen atoms in total. The van der Waals surface area contributed by atoms with Gasteiger partial charge in [0.1, 0.15) is 5.76 Å². The van der Waals surface area contributed by atoms with Crippen LogP contribution in [0, 0.1) is 30.7 Å². The third-order valence-electron chi connectivity index (χ3n) is 6.75. The van der Waals surface area contributed by atoms with Gasteiger partial charge in [-0.15, -0.1) is 34.9 Å². The van der Waals surface area contributed by atoms with Gasteiger partial charge in [0.15, 0.2) is 5.78 Å². The van der Waals surface area contributed by atoms with Gasteiger partial charge >= 0.3 is 0 Å². The SMILES string of the molecule is CC(C)(C)C(=O)/C=C(\O)C(C)(C)C.Cc1[c-]c(-c2ccc3cc(-n4cccc4)c(-n4cccc4)cc3n2)cc(C)c1.[Ir]. The van der Waals surface area contributed by atoms with Crippen LogP contribution < -0.4 is 0 Å². The number of hydrogen-bond acceptors (Lipinski definition) is 3. The standard InChI is InChI=1S/C25H20N3.C11H20O2.Ir/c1-18-13-19(2)15-21(14-18)22-8-7-20-16-24(27-9-3-4-10-27)25(17-23(20)26-22)28-11-5-6-12-28;1-10(2,3)8(12)7-9(13)11(4,5)6;/h3-14,16-17H,1-2H3;7,12H,1-6H3;/q-1;;/b;8-7-;. The smallest absolute Gasteiger partial charge is 0.164 e. The van der Waals surface area contributed by atoms with Crippen molar-refractivity contribution in [3.8, 4) is 22.6 Å². The molecule has 5 rings (SSSR count). The second-order valence-electron chi connectivity index (χ2n) is 12.6. The Morgan fingerprint density at radius 1 is 0.810 bits per heavy atom. The average molecular weight is 739 g/mol. The largest absolute Gasteiger partial charge is 0.512 e. The molecule has 0 saturated carbocycles. The average Bonchev–Trinajstić information content (AvgIpc) is 3.61.